The van der Waals surface area contributed by atoms with Crippen molar-refractivity contribution in [1.82, 2.24) is 9.47 Å². The van der Waals surface area contributed by atoms with Crippen LogP contribution in [0.15, 0.2) is 54.7 Å². The van der Waals surface area contributed by atoms with E-state index in [0.29, 0.717) is 38.2 Å². The third-order valence-electron chi connectivity index (χ3n) is 4.79. The van der Waals surface area contributed by atoms with Gasteiger partial charge in [0, 0.05) is 35.8 Å². The van der Waals surface area contributed by atoms with Gasteiger partial charge in [0.05, 0.1) is 19.0 Å². The molecule has 0 amide bonds. The molecule has 0 aliphatic rings. The molecular formula is C23H25N3O2. The second-order valence-corrected chi connectivity index (χ2v) is 6.94. The van der Waals surface area contributed by atoms with Crippen molar-refractivity contribution >= 4 is 16.7 Å². The highest BCUT2D eigenvalue weighted by molar-refractivity contribution is 6.09. The Hall–Kier alpha value is -3.10. The molecule has 0 spiro atoms. The van der Waals surface area contributed by atoms with Crippen molar-refractivity contribution in [2.75, 3.05) is 26.7 Å². The van der Waals surface area contributed by atoms with E-state index in [4.69, 9.17) is 10.00 Å². The first kappa shape index (κ1) is 19.7. The number of fused-ring (bicyclic) bond motifs is 1. The molecule has 1 aromatic heterocycles. The van der Waals surface area contributed by atoms with Gasteiger partial charge in [-0.1, -0.05) is 36.4 Å². The summed E-state index contributed by atoms with van der Waals surface area (Å²) in [6.07, 6.45) is 2.30. The summed E-state index contributed by atoms with van der Waals surface area (Å²) < 4.78 is 7.82. The van der Waals surface area contributed by atoms with Gasteiger partial charge in [-0.3, -0.25) is 9.69 Å². The molecule has 0 fully saturated rings. The van der Waals surface area contributed by atoms with Crippen molar-refractivity contribution < 1.29 is 9.53 Å². The molecule has 0 unspecified atom stereocenters. The summed E-state index contributed by atoms with van der Waals surface area (Å²) in [5.74, 6) is 0.952. The van der Waals surface area contributed by atoms with Crippen molar-refractivity contribution in [3.8, 4) is 11.8 Å². The van der Waals surface area contributed by atoms with Crippen molar-refractivity contribution in [2.24, 2.45) is 0 Å². The van der Waals surface area contributed by atoms with Gasteiger partial charge in [0.1, 0.15) is 12.4 Å². The first-order valence-electron chi connectivity index (χ1n) is 9.45. The largest absolute Gasteiger partial charge is 0.492 e. The molecule has 3 rings (SSSR count). The number of ketones is 1. The number of rotatable bonds is 9. The number of ether oxygens (including phenoxy) is 1. The maximum atomic E-state index is 12.9. The van der Waals surface area contributed by atoms with E-state index < -0.39 is 0 Å². The first-order valence-corrected chi connectivity index (χ1v) is 9.45. The van der Waals surface area contributed by atoms with E-state index in [1.54, 1.807) is 0 Å². The van der Waals surface area contributed by atoms with E-state index in [1.807, 2.05) is 78.2 Å². The number of aryl methyl sites for hydroxylation is 2. The lowest BCUT2D eigenvalue weighted by molar-refractivity contribution is 0.0939. The number of hydrogen-bond acceptors (Lipinski definition) is 4. The standard InChI is InChI=1S/C23H25N3O2/c1-18-8-3-6-11-23(18)28-15-14-25(2)17-22(27)20-16-26(13-7-12-24)21-10-5-4-9-19(20)21/h3-6,8-11,16H,7,13-15,17H2,1-2H3. The third-order valence-corrected chi connectivity index (χ3v) is 4.79. The van der Waals surface area contributed by atoms with Crippen LogP contribution in [-0.2, 0) is 6.54 Å². The Morgan fingerprint density at radius 2 is 1.93 bits per heavy atom. The minimum Gasteiger partial charge on any atom is -0.492 e. The van der Waals surface area contributed by atoms with E-state index in [0.717, 1.165) is 22.2 Å². The van der Waals surface area contributed by atoms with Crippen molar-refractivity contribution in [3.05, 3.63) is 65.9 Å². The maximum Gasteiger partial charge on any atom is 0.178 e. The summed E-state index contributed by atoms with van der Waals surface area (Å²) in [5.41, 5.74) is 2.80. The summed E-state index contributed by atoms with van der Waals surface area (Å²) in [6.45, 7) is 4.12. The predicted molar refractivity (Wildman–Crippen MR) is 111 cm³/mol. The molecule has 0 bridgehead atoms. The number of hydrogen-bond donors (Lipinski definition) is 0. The molecule has 5 nitrogen and oxygen atoms in total. The predicted octanol–water partition coefficient (Wildman–Crippen LogP) is 4.06. The number of para-hydroxylation sites is 2. The van der Waals surface area contributed by atoms with Crippen molar-refractivity contribution in [3.63, 3.8) is 0 Å². The van der Waals surface area contributed by atoms with Crippen LogP contribution in [0.2, 0.25) is 0 Å². The van der Waals surface area contributed by atoms with Crippen LogP contribution in [0.5, 0.6) is 5.75 Å². The quantitative estimate of drug-likeness (QED) is 0.529. The fourth-order valence-corrected chi connectivity index (χ4v) is 3.26. The van der Waals surface area contributed by atoms with Crippen LogP contribution in [-0.4, -0.2) is 42.0 Å². The smallest absolute Gasteiger partial charge is 0.178 e. The molecule has 0 saturated heterocycles. The number of Topliss-reactive ketones (excluding diaryl/α,β-unsaturated/α-hetero) is 1. The molecule has 1 heterocycles. The SMILES string of the molecule is Cc1ccccc1OCCN(C)CC(=O)c1cn(CCC#N)c2ccccc12. The zero-order chi connectivity index (χ0) is 19.9. The number of aromatic nitrogens is 1. The van der Waals surface area contributed by atoms with Crippen molar-refractivity contribution in [1.29, 1.82) is 5.26 Å². The number of carbonyl (C=O) groups excluding carboxylic acids is 1. The Labute approximate surface area is 165 Å². The van der Waals surface area contributed by atoms with Crippen LogP contribution in [0.25, 0.3) is 10.9 Å². The van der Waals surface area contributed by atoms with Crippen LogP contribution in [0.3, 0.4) is 0 Å². The van der Waals surface area contributed by atoms with Crippen LogP contribution < -0.4 is 4.74 Å². The fourth-order valence-electron chi connectivity index (χ4n) is 3.26. The summed E-state index contributed by atoms with van der Waals surface area (Å²) in [7, 11) is 1.92. The number of carbonyl (C=O) groups is 1. The van der Waals surface area contributed by atoms with Gasteiger partial charge < -0.3 is 9.30 Å². The molecule has 0 aliphatic heterocycles. The van der Waals surface area contributed by atoms with Gasteiger partial charge in [-0.25, -0.2) is 0 Å². The highest BCUT2D eigenvalue weighted by atomic mass is 16.5. The van der Waals surface area contributed by atoms with Crippen LogP contribution in [0, 0.1) is 18.3 Å². The lowest BCUT2D eigenvalue weighted by Gasteiger charge is -2.16. The number of nitriles is 1. The van der Waals surface area contributed by atoms with E-state index in [1.165, 1.54) is 0 Å². The Bertz CT molecular complexity index is 1000. The summed E-state index contributed by atoms with van der Waals surface area (Å²) in [6, 6.07) is 17.9. The molecule has 0 aliphatic carbocycles. The highest BCUT2D eigenvalue weighted by Gasteiger charge is 2.16. The molecule has 28 heavy (non-hydrogen) atoms. The molecule has 0 radical (unpaired) electrons. The van der Waals surface area contributed by atoms with E-state index in [-0.39, 0.29) is 5.78 Å². The highest BCUT2D eigenvalue weighted by Crippen LogP contribution is 2.22. The molecule has 2 aromatic carbocycles. The summed E-state index contributed by atoms with van der Waals surface area (Å²) in [5, 5.41) is 9.81. The third kappa shape index (κ3) is 4.59. The number of nitrogens with zero attached hydrogens (tertiary/aromatic N) is 3. The molecular weight excluding hydrogens is 350 g/mol. The van der Waals surface area contributed by atoms with Crippen LogP contribution in [0.4, 0.5) is 0 Å². The van der Waals surface area contributed by atoms with Crippen molar-refractivity contribution in [2.45, 2.75) is 19.9 Å². The molecule has 144 valence electrons. The fraction of sp³-hybridized carbons (Fsp3) is 0.304. The average molecular weight is 375 g/mol. The average Bonchev–Trinajstić information content (AvgIpc) is 3.07. The summed E-state index contributed by atoms with van der Waals surface area (Å²) in [4.78, 5) is 14.9. The zero-order valence-corrected chi connectivity index (χ0v) is 16.4. The topological polar surface area (TPSA) is 58.3 Å². The van der Waals surface area contributed by atoms with Gasteiger partial charge in [0.15, 0.2) is 5.78 Å². The van der Waals surface area contributed by atoms with Crippen LogP contribution in [0.1, 0.15) is 22.3 Å². The Kier molecular flexibility index (Phi) is 6.46. The van der Waals surface area contributed by atoms with Gasteiger partial charge in [0.25, 0.3) is 0 Å². The van der Waals surface area contributed by atoms with E-state index >= 15 is 0 Å². The molecule has 5 heteroatoms. The first-order chi connectivity index (χ1) is 13.6. The van der Waals surface area contributed by atoms with E-state index in [9.17, 15) is 4.79 Å². The monoisotopic (exact) mass is 375 g/mol. The Morgan fingerprint density at radius 1 is 1.18 bits per heavy atom. The molecule has 0 N–H and O–H groups in total. The minimum absolute atomic E-state index is 0.0744. The van der Waals surface area contributed by atoms with Gasteiger partial charge >= 0.3 is 0 Å². The lowest BCUT2D eigenvalue weighted by Crippen LogP contribution is -2.30. The molecule has 3 aromatic rings. The molecule has 0 atom stereocenters. The number of benzene rings is 2. The Balaban J connectivity index is 1.62. The van der Waals surface area contributed by atoms with Gasteiger partial charge in [-0.2, -0.15) is 5.26 Å². The van der Waals surface area contributed by atoms with E-state index in [2.05, 4.69) is 6.07 Å². The van der Waals surface area contributed by atoms with Gasteiger partial charge in [-0.05, 0) is 31.7 Å². The second kappa shape index (κ2) is 9.20. The summed E-state index contributed by atoms with van der Waals surface area (Å²) >= 11 is 0. The maximum absolute atomic E-state index is 12.9. The molecule has 0 saturated carbocycles. The Morgan fingerprint density at radius 3 is 2.71 bits per heavy atom. The van der Waals surface area contributed by atoms with Crippen LogP contribution >= 0.6 is 0 Å². The lowest BCUT2D eigenvalue weighted by atomic mass is 10.1. The second-order valence-electron chi connectivity index (χ2n) is 6.94. The van der Waals surface area contributed by atoms with Gasteiger partial charge in [-0.15, -0.1) is 0 Å². The van der Waals surface area contributed by atoms with Gasteiger partial charge in [0.2, 0.25) is 0 Å². The minimum atomic E-state index is 0.0744. The normalized spacial score (nSPS) is 10.9. The number of likely N-dealkylation sites (N-methyl/N-ethyl adjacent to an activating group) is 1. The zero-order valence-electron chi connectivity index (χ0n) is 16.4.